The van der Waals surface area contributed by atoms with Gasteiger partial charge in [-0.3, -0.25) is 0 Å². The predicted octanol–water partition coefficient (Wildman–Crippen LogP) is 4.80. The van der Waals surface area contributed by atoms with Crippen molar-refractivity contribution in [2.45, 2.75) is 19.3 Å². The number of rotatable bonds is 3. The SMILES string of the molecule is c1ccc(-c2cc(-c3ccccc3)c(N3CCCCC3)nn2)cc1. The highest BCUT2D eigenvalue weighted by Gasteiger charge is 2.18. The molecule has 120 valence electrons. The molecule has 2 heterocycles. The molecule has 0 atom stereocenters. The molecule has 0 aliphatic carbocycles. The lowest BCUT2D eigenvalue weighted by molar-refractivity contribution is 0.572. The molecule has 3 nitrogen and oxygen atoms in total. The quantitative estimate of drug-likeness (QED) is 0.695. The molecule has 0 radical (unpaired) electrons. The second-order valence-electron chi connectivity index (χ2n) is 6.25. The molecule has 1 aliphatic rings. The molecular weight excluding hydrogens is 294 g/mol. The minimum absolute atomic E-state index is 0.926. The van der Waals surface area contributed by atoms with Gasteiger partial charge in [0.1, 0.15) is 0 Å². The number of piperidine rings is 1. The van der Waals surface area contributed by atoms with Crippen LogP contribution in [0.2, 0.25) is 0 Å². The molecule has 1 aromatic heterocycles. The molecule has 1 fully saturated rings. The molecular formula is C21H21N3. The van der Waals surface area contributed by atoms with Crippen molar-refractivity contribution in [3.8, 4) is 22.4 Å². The molecule has 0 unspecified atom stereocenters. The first kappa shape index (κ1) is 14.9. The van der Waals surface area contributed by atoms with Crippen LogP contribution in [-0.4, -0.2) is 23.3 Å². The van der Waals surface area contributed by atoms with Crippen LogP contribution < -0.4 is 4.90 Å². The van der Waals surface area contributed by atoms with Crippen LogP contribution in [0.15, 0.2) is 66.7 Å². The third-order valence-corrected chi connectivity index (χ3v) is 4.58. The van der Waals surface area contributed by atoms with E-state index in [1.807, 2.05) is 18.2 Å². The van der Waals surface area contributed by atoms with E-state index in [0.717, 1.165) is 30.2 Å². The summed E-state index contributed by atoms with van der Waals surface area (Å²) in [4.78, 5) is 2.38. The third kappa shape index (κ3) is 3.02. The fraction of sp³-hybridized carbons (Fsp3) is 0.238. The van der Waals surface area contributed by atoms with Gasteiger partial charge < -0.3 is 4.90 Å². The van der Waals surface area contributed by atoms with Crippen LogP contribution in [0.25, 0.3) is 22.4 Å². The smallest absolute Gasteiger partial charge is 0.159 e. The molecule has 0 saturated carbocycles. The maximum Gasteiger partial charge on any atom is 0.159 e. The van der Waals surface area contributed by atoms with E-state index in [0.29, 0.717) is 0 Å². The van der Waals surface area contributed by atoms with E-state index in [4.69, 9.17) is 0 Å². The summed E-state index contributed by atoms with van der Waals surface area (Å²) in [6, 6.07) is 23.0. The van der Waals surface area contributed by atoms with Gasteiger partial charge in [-0.2, -0.15) is 0 Å². The Bertz CT molecular complexity index is 794. The molecule has 0 bridgehead atoms. The summed E-state index contributed by atoms with van der Waals surface area (Å²) in [6.07, 6.45) is 3.78. The maximum atomic E-state index is 4.63. The number of benzene rings is 2. The van der Waals surface area contributed by atoms with E-state index in [2.05, 4.69) is 63.6 Å². The van der Waals surface area contributed by atoms with Crippen LogP contribution in [0.5, 0.6) is 0 Å². The summed E-state index contributed by atoms with van der Waals surface area (Å²) in [5.74, 6) is 1.01. The molecule has 3 aromatic rings. The van der Waals surface area contributed by atoms with Gasteiger partial charge in [-0.15, -0.1) is 10.2 Å². The maximum absolute atomic E-state index is 4.63. The van der Waals surface area contributed by atoms with Crippen molar-refractivity contribution in [1.29, 1.82) is 0 Å². The average molecular weight is 315 g/mol. The number of nitrogens with zero attached hydrogens (tertiary/aromatic N) is 3. The van der Waals surface area contributed by atoms with E-state index in [-0.39, 0.29) is 0 Å². The van der Waals surface area contributed by atoms with Crippen LogP contribution in [0, 0.1) is 0 Å². The van der Waals surface area contributed by atoms with Gasteiger partial charge in [0.05, 0.1) is 5.69 Å². The predicted molar refractivity (Wildman–Crippen MR) is 99.0 cm³/mol. The second kappa shape index (κ2) is 6.83. The Morgan fingerprint density at radius 2 is 1.29 bits per heavy atom. The zero-order chi connectivity index (χ0) is 16.2. The Morgan fingerprint density at radius 1 is 0.667 bits per heavy atom. The van der Waals surface area contributed by atoms with Crippen molar-refractivity contribution in [2.24, 2.45) is 0 Å². The van der Waals surface area contributed by atoms with Gasteiger partial charge >= 0.3 is 0 Å². The van der Waals surface area contributed by atoms with Crippen molar-refractivity contribution >= 4 is 5.82 Å². The van der Waals surface area contributed by atoms with Gasteiger partial charge in [-0.25, -0.2) is 0 Å². The summed E-state index contributed by atoms with van der Waals surface area (Å²) in [5.41, 5.74) is 4.40. The lowest BCUT2D eigenvalue weighted by atomic mass is 10.0. The standard InChI is InChI=1S/C21H21N3/c1-4-10-17(11-5-1)19-16-20(18-12-6-2-7-13-18)22-23-21(19)24-14-8-3-9-15-24/h1-2,4-7,10-13,16H,3,8-9,14-15H2. The van der Waals surface area contributed by atoms with Gasteiger partial charge in [-0.05, 0) is 30.9 Å². The van der Waals surface area contributed by atoms with Crippen LogP contribution in [0.4, 0.5) is 5.82 Å². The fourth-order valence-corrected chi connectivity index (χ4v) is 3.30. The molecule has 0 spiro atoms. The van der Waals surface area contributed by atoms with Crippen LogP contribution in [0.1, 0.15) is 19.3 Å². The van der Waals surface area contributed by atoms with Gasteiger partial charge in [0.2, 0.25) is 0 Å². The molecule has 1 aliphatic heterocycles. The molecule has 0 N–H and O–H groups in total. The summed E-state index contributed by atoms with van der Waals surface area (Å²) >= 11 is 0. The number of aromatic nitrogens is 2. The van der Waals surface area contributed by atoms with E-state index in [9.17, 15) is 0 Å². The van der Waals surface area contributed by atoms with Crippen molar-refractivity contribution in [2.75, 3.05) is 18.0 Å². The number of hydrogen-bond donors (Lipinski definition) is 0. The van der Waals surface area contributed by atoms with E-state index in [1.54, 1.807) is 0 Å². The summed E-state index contributed by atoms with van der Waals surface area (Å²) < 4.78 is 0. The Kier molecular flexibility index (Phi) is 4.24. The number of hydrogen-bond acceptors (Lipinski definition) is 3. The van der Waals surface area contributed by atoms with Crippen LogP contribution in [-0.2, 0) is 0 Å². The average Bonchev–Trinajstić information content (AvgIpc) is 2.69. The molecule has 24 heavy (non-hydrogen) atoms. The Labute approximate surface area is 143 Å². The molecule has 0 amide bonds. The van der Waals surface area contributed by atoms with Gasteiger partial charge in [-0.1, -0.05) is 60.7 Å². The van der Waals surface area contributed by atoms with Gasteiger partial charge in [0.25, 0.3) is 0 Å². The summed E-state index contributed by atoms with van der Waals surface area (Å²) in [5, 5.41) is 9.15. The van der Waals surface area contributed by atoms with Crippen LogP contribution >= 0.6 is 0 Å². The van der Waals surface area contributed by atoms with Crippen LogP contribution in [0.3, 0.4) is 0 Å². The first-order chi connectivity index (χ1) is 11.9. The lowest BCUT2D eigenvalue weighted by Gasteiger charge is -2.29. The minimum atomic E-state index is 0.926. The molecule has 1 saturated heterocycles. The summed E-state index contributed by atoms with van der Waals surface area (Å²) in [6.45, 7) is 2.14. The lowest BCUT2D eigenvalue weighted by Crippen LogP contribution is -2.30. The zero-order valence-corrected chi connectivity index (χ0v) is 13.7. The first-order valence-electron chi connectivity index (χ1n) is 8.65. The van der Waals surface area contributed by atoms with E-state index >= 15 is 0 Å². The highest BCUT2D eigenvalue weighted by Crippen LogP contribution is 2.32. The van der Waals surface area contributed by atoms with Crippen molar-refractivity contribution in [1.82, 2.24) is 10.2 Å². The van der Waals surface area contributed by atoms with Crippen molar-refractivity contribution in [3.63, 3.8) is 0 Å². The Morgan fingerprint density at radius 3 is 1.96 bits per heavy atom. The molecule has 4 rings (SSSR count). The topological polar surface area (TPSA) is 29.0 Å². The van der Waals surface area contributed by atoms with E-state index in [1.165, 1.54) is 30.4 Å². The zero-order valence-electron chi connectivity index (χ0n) is 13.7. The molecule has 2 aromatic carbocycles. The largest absolute Gasteiger partial charge is 0.355 e. The number of anilines is 1. The first-order valence-corrected chi connectivity index (χ1v) is 8.65. The second-order valence-corrected chi connectivity index (χ2v) is 6.25. The fourth-order valence-electron chi connectivity index (χ4n) is 3.30. The third-order valence-electron chi connectivity index (χ3n) is 4.58. The van der Waals surface area contributed by atoms with E-state index < -0.39 is 0 Å². The van der Waals surface area contributed by atoms with Crippen molar-refractivity contribution in [3.05, 3.63) is 66.7 Å². The van der Waals surface area contributed by atoms with Gasteiger partial charge in [0.15, 0.2) is 5.82 Å². The normalized spacial score (nSPS) is 14.6. The van der Waals surface area contributed by atoms with Crippen molar-refractivity contribution < 1.29 is 0 Å². The highest BCUT2D eigenvalue weighted by atomic mass is 15.3. The Balaban J connectivity index is 1.82. The Hall–Kier alpha value is -2.68. The minimum Gasteiger partial charge on any atom is -0.355 e. The summed E-state index contributed by atoms with van der Waals surface area (Å²) in [7, 11) is 0. The molecule has 3 heteroatoms. The monoisotopic (exact) mass is 315 g/mol. The van der Waals surface area contributed by atoms with Gasteiger partial charge in [0, 0.05) is 24.2 Å². The highest BCUT2D eigenvalue weighted by molar-refractivity contribution is 5.79.